The summed E-state index contributed by atoms with van der Waals surface area (Å²) >= 11 is 0. The number of hydrogen-bond donors (Lipinski definition) is 0. The molecular weight excluding hydrogens is 142 g/mol. The fourth-order valence-electron chi connectivity index (χ4n) is 0.653. The molecule has 0 unspecified atom stereocenters. The Labute approximate surface area is 65.6 Å². The van der Waals surface area contributed by atoms with Crippen molar-refractivity contribution < 1.29 is 10.3 Å². The second kappa shape index (κ2) is 5.44. The van der Waals surface area contributed by atoms with Gasteiger partial charge in [-0.25, -0.2) is 0 Å². The Kier molecular flexibility index (Phi) is 4.77. The Balaban J connectivity index is 0.000001000. The van der Waals surface area contributed by atoms with Gasteiger partial charge < -0.3 is 10.3 Å². The summed E-state index contributed by atoms with van der Waals surface area (Å²) in [5, 5.41) is 3.62. The van der Waals surface area contributed by atoms with Gasteiger partial charge in [-0.15, -0.1) is 0 Å². The second-order valence-electron chi connectivity index (χ2n) is 1.83. The zero-order chi connectivity index (χ0) is 7.23. The molecule has 3 heteroatoms. The predicted molar refractivity (Wildman–Crippen MR) is 44.7 cm³/mol. The van der Waals surface area contributed by atoms with Gasteiger partial charge in [0.25, 0.3) is 0 Å². The molecule has 1 rings (SSSR count). The molecule has 0 fully saturated rings. The molecule has 0 saturated heterocycles. The van der Waals surface area contributed by atoms with Crippen LogP contribution < -0.4 is 0 Å². The summed E-state index contributed by atoms with van der Waals surface area (Å²) in [5.41, 5.74) is 1.05. The van der Waals surface area contributed by atoms with Crippen LogP contribution in [-0.4, -0.2) is 18.8 Å². The monoisotopic (exact) mass is 153 g/mol. The van der Waals surface area contributed by atoms with Gasteiger partial charge in [0.15, 0.2) is 0 Å². The van der Waals surface area contributed by atoms with Crippen LogP contribution in [0.15, 0.2) is 35.5 Å². The first-order valence-corrected chi connectivity index (χ1v) is 3.05. The van der Waals surface area contributed by atoms with Crippen LogP contribution in [0.1, 0.15) is 5.56 Å². The molecule has 0 aliphatic heterocycles. The first-order valence-electron chi connectivity index (χ1n) is 3.05. The number of hydrogen-bond acceptors (Lipinski definition) is 2. The molecule has 0 spiro atoms. The lowest BCUT2D eigenvalue weighted by Gasteiger charge is -1.88. The van der Waals surface area contributed by atoms with Gasteiger partial charge in [-0.05, 0) is 5.56 Å². The van der Waals surface area contributed by atoms with Crippen molar-refractivity contribution in [2.75, 3.05) is 7.11 Å². The fourth-order valence-corrected chi connectivity index (χ4v) is 0.653. The van der Waals surface area contributed by atoms with Crippen LogP contribution in [0.5, 0.6) is 0 Å². The maximum absolute atomic E-state index is 4.52. The molecule has 0 atom stereocenters. The van der Waals surface area contributed by atoms with Crippen molar-refractivity contribution in [3.63, 3.8) is 0 Å². The molecule has 0 saturated carbocycles. The molecule has 0 aliphatic carbocycles. The van der Waals surface area contributed by atoms with Crippen molar-refractivity contribution in [2.24, 2.45) is 5.16 Å². The van der Waals surface area contributed by atoms with Crippen LogP contribution in [0.25, 0.3) is 0 Å². The average molecular weight is 153 g/mol. The quantitative estimate of drug-likeness (QED) is 0.459. The number of rotatable bonds is 2. The maximum Gasteiger partial charge on any atom is 0.106 e. The van der Waals surface area contributed by atoms with E-state index in [9.17, 15) is 0 Å². The molecule has 0 aromatic heterocycles. The van der Waals surface area contributed by atoms with E-state index in [1.807, 2.05) is 30.3 Å². The van der Waals surface area contributed by atoms with E-state index in [-0.39, 0.29) is 5.48 Å². The Hall–Kier alpha value is -1.35. The van der Waals surface area contributed by atoms with Crippen LogP contribution in [-0.2, 0) is 4.84 Å². The van der Waals surface area contributed by atoms with Crippen molar-refractivity contribution in [1.82, 2.24) is 0 Å². The van der Waals surface area contributed by atoms with Gasteiger partial charge in [-0.3, -0.25) is 0 Å². The largest absolute Gasteiger partial charge is 0.412 e. The van der Waals surface area contributed by atoms with Crippen molar-refractivity contribution in [2.45, 2.75) is 0 Å². The van der Waals surface area contributed by atoms with Crippen LogP contribution in [0.4, 0.5) is 0 Å². The lowest BCUT2D eigenvalue weighted by atomic mass is 10.2. The minimum atomic E-state index is 0. The third-order valence-corrected chi connectivity index (χ3v) is 1.11. The van der Waals surface area contributed by atoms with Crippen LogP contribution >= 0.6 is 0 Å². The zero-order valence-corrected chi connectivity index (χ0v) is 6.32. The number of oxime groups is 1. The summed E-state index contributed by atoms with van der Waals surface area (Å²) in [5.74, 6) is 0. The summed E-state index contributed by atoms with van der Waals surface area (Å²) < 4.78 is 0. The first kappa shape index (κ1) is 9.65. The van der Waals surface area contributed by atoms with Crippen molar-refractivity contribution in [3.05, 3.63) is 35.9 Å². The smallest absolute Gasteiger partial charge is 0.106 e. The van der Waals surface area contributed by atoms with E-state index in [0.29, 0.717) is 0 Å². The van der Waals surface area contributed by atoms with Gasteiger partial charge in [-0.1, -0.05) is 35.5 Å². The average Bonchev–Trinajstić information content (AvgIpc) is 2.03. The molecule has 0 amide bonds. The molecule has 0 heterocycles. The van der Waals surface area contributed by atoms with Crippen molar-refractivity contribution >= 4 is 6.21 Å². The molecule has 60 valence electrons. The highest BCUT2D eigenvalue weighted by molar-refractivity contribution is 5.78. The van der Waals surface area contributed by atoms with Gasteiger partial charge in [-0.2, -0.15) is 0 Å². The summed E-state index contributed by atoms with van der Waals surface area (Å²) in [6, 6.07) is 9.79. The Morgan fingerprint density at radius 2 is 1.91 bits per heavy atom. The third kappa shape index (κ3) is 3.37. The van der Waals surface area contributed by atoms with Crippen molar-refractivity contribution in [3.8, 4) is 0 Å². The highest BCUT2D eigenvalue weighted by Gasteiger charge is 1.80. The minimum Gasteiger partial charge on any atom is -0.412 e. The number of benzene rings is 1. The molecule has 2 N–H and O–H groups in total. The molecule has 3 nitrogen and oxygen atoms in total. The Morgan fingerprint density at radius 1 is 1.27 bits per heavy atom. The highest BCUT2D eigenvalue weighted by atomic mass is 16.6. The Bertz CT molecular complexity index is 209. The molecule has 11 heavy (non-hydrogen) atoms. The molecule has 0 radical (unpaired) electrons. The van der Waals surface area contributed by atoms with Crippen LogP contribution in [0.3, 0.4) is 0 Å². The fraction of sp³-hybridized carbons (Fsp3) is 0.125. The van der Waals surface area contributed by atoms with E-state index in [1.54, 1.807) is 6.21 Å². The highest BCUT2D eigenvalue weighted by Crippen LogP contribution is 1.93. The van der Waals surface area contributed by atoms with Gasteiger partial charge in [0.2, 0.25) is 0 Å². The molecule has 1 aromatic carbocycles. The van der Waals surface area contributed by atoms with Gasteiger partial charge in [0, 0.05) is 0 Å². The summed E-state index contributed by atoms with van der Waals surface area (Å²) in [6.07, 6.45) is 1.67. The topological polar surface area (TPSA) is 53.1 Å². The van der Waals surface area contributed by atoms with E-state index < -0.39 is 0 Å². The first-order chi connectivity index (χ1) is 4.93. The molecule has 0 aliphatic rings. The van der Waals surface area contributed by atoms with Gasteiger partial charge in [0.1, 0.15) is 7.11 Å². The standard InChI is InChI=1S/C8H9NO.H2O/c1-10-9-7-8-5-3-2-4-6-8;/h2-7H,1H3;1H2/b9-7+;. The van der Waals surface area contributed by atoms with Crippen LogP contribution in [0.2, 0.25) is 0 Å². The maximum atomic E-state index is 4.52. The summed E-state index contributed by atoms with van der Waals surface area (Å²) in [7, 11) is 1.53. The lowest BCUT2D eigenvalue weighted by Crippen LogP contribution is -1.78. The van der Waals surface area contributed by atoms with Crippen LogP contribution in [0, 0.1) is 0 Å². The minimum absolute atomic E-state index is 0. The van der Waals surface area contributed by atoms with Gasteiger partial charge in [0.05, 0.1) is 6.21 Å². The predicted octanol–water partition coefficient (Wildman–Crippen LogP) is 0.842. The Morgan fingerprint density at radius 3 is 2.45 bits per heavy atom. The van der Waals surface area contributed by atoms with Crippen molar-refractivity contribution in [1.29, 1.82) is 0 Å². The third-order valence-electron chi connectivity index (χ3n) is 1.11. The van der Waals surface area contributed by atoms with E-state index in [4.69, 9.17) is 0 Å². The SMILES string of the molecule is CO/N=C/c1ccccc1.O. The second-order valence-corrected chi connectivity index (χ2v) is 1.83. The number of nitrogens with zero attached hydrogens (tertiary/aromatic N) is 1. The lowest BCUT2D eigenvalue weighted by molar-refractivity contribution is 0.215. The molecule has 0 bridgehead atoms. The summed E-state index contributed by atoms with van der Waals surface area (Å²) in [4.78, 5) is 4.52. The van der Waals surface area contributed by atoms with E-state index in [0.717, 1.165) is 5.56 Å². The zero-order valence-electron chi connectivity index (χ0n) is 6.32. The molecule has 1 aromatic rings. The van der Waals surface area contributed by atoms with E-state index in [1.165, 1.54) is 7.11 Å². The summed E-state index contributed by atoms with van der Waals surface area (Å²) in [6.45, 7) is 0. The van der Waals surface area contributed by atoms with Gasteiger partial charge >= 0.3 is 0 Å². The molecular formula is C8H11NO2. The van der Waals surface area contributed by atoms with E-state index >= 15 is 0 Å². The normalized spacial score (nSPS) is 9.18. The van der Waals surface area contributed by atoms with E-state index in [2.05, 4.69) is 9.99 Å².